The fourth-order valence-electron chi connectivity index (χ4n) is 9.53. The van der Waals surface area contributed by atoms with Crippen LogP contribution in [-0.2, 0) is 60.8 Å². The molecule has 0 saturated heterocycles. The Morgan fingerprint density at radius 3 is 1.04 bits per heavy atom. The number of aliphatic imine (C=N–C) groups is 2. The average molecular weight is 1280 g/mol. The van der Waals surface area contributed by atoms with Gasteiger partial charge in [-0.05, 0) is 123 Å². The van der Waals surface area contributed by atoms with Gasteiger partial charge in [-0.25, -0.2) is 4.79 Å². The molecule has 2 aromatic carbocycles. The van der Waals surface area contributed by atoms with Gasteiger partial charge in [0.1, 0.15) is 59.8 Å². The van der Waals surface area contributed by atoms with E-state index < -0.39 is 120 Å². The fourth-order valence-corrected chi connectivity index (χ4v) is 9.53. The molecular weight excluding hydrogens is 1180 g/mol. The molecule has 0 aromatic heterocycles. The lowest BCUT2D eigenvalue weighted by atomic mass is 9.98. The molecule has 91 heavy (non-hydrogen) atoms. The van der Waals surface area contributed by atoms with Crippen LogP contribution in [0.1, 0.15) is 138 Å². The Morgan fingerprint density at radius 1 is 0.396 bits per heavy atom. The topological polar surface area (TPSA) is 494 Å². The molecule has 9 atom stereocenters. The number of nitrogens with two attached hydrogens (primary N) is 5. The van der Waals surface area contributed by atoms with E-state index >= 15 is 0 Å². The van der Waals surface area contributed by atoms with Crippen molar-refractivity contribution in [1.82, 2.24) is 47.9 Å². The number of guanidine groups is 2. The van der Waals surface area contributed by atoms with Crippen LogP contribution >= 0.6 is 0 Å². The van der Waals surface area contributed by atoms with Crippen LogP contribution in [0.15, 0.2) is 58.5 Å². The highest BCUT2D eigenvalue weighted by molar-refractivity contribution is 5.98. The summed E-state index contributed by atoms with van der Waals surface area (Å²) in [7, 11) is 0. The number of phenols is 2. The number of hydrogen-bond donors (Lipinski definition) is 17. The first kappa shape index (κ1) is 78.3. The third-order valence-corrected chi connectivity index (χ3v) is 14.0. The minimum Gasteiger partial charge on any atom is -0.508 e. The standard InChI is InChI=1S/C62H102N16O13/c1-33(2)25-44(53(83)70-32-51(81)71-50(60(90)91)31-39-17-21-41(80)22-18-39)74-56(86)47(28-36(7)8)77-57(87)46(27-35(5)6)75-54(84)43(14-12-24-69-62(66)67)72-59(89)49(30-38-15-19-40(79)20-16-38)78-58(88)48(29-37(9)10)76-55(85)45(26-34(3)4)73-52(82)42(63)13-11-23-68-61(64)65/h15-22,33-37,42-50,79-80H,11-14,23-32,63H2,1-10H3,(H,70,83)(H,71,81)(H,72,89)(H,73,82)(H,74,86)(H,75,84)(H,76,85)(H,77,87)(H,78,88)(H,90,91)(H4,64,65,68)(H4,66,67,69)/t42-,43-,44-,45-,46-,47-,48-,49-,50-/m0/s1. The maximum atomic E-state index is 14.8. The zero-order valence-electron chi connectivity index (χ0n) is 54.3. The Hall–Kier alpha value is -8.76. The summed E-state index contributed by atoms with van der Waals surface area (Å²) in [5, 5.41) is 53.6. The zero-order chi connectivity index (χ0) is 68.7. The van der Waals surface area contributed by atoms with E-state index in [1.807, 2.05) is 41.5 Å². The lowest BCUT2D eigenvalue weighted by Crippen LogP contribution is -2.61. The molecule has 0 radical (unpaired) electrons. The van der Waals surface area contributed by atoms with Gasteiger partial charge >= 0.3 is 5.97 Å². The van der Waals surface area contributed by atoms with Crippen molar-refractivity contribution in [3.05, 3.63) is 59.7 Å². The summed E-state index contributed by atoms with van der Waals surface area (Å²) in [6, 6.07) is 0.215. The summed E-state index contributed by atoms with van der Waals surface area (Å²) in [5.41, 5.74) is 29.2. The fraction of sp³-hybridized carbons (Fsp3) is 0.613. The minimum absolute atomic E-state index is 0.0219. The van der Waals surface area contributed by atoms with E-state index in [0.29, 0.717) is 17.5 Å². The number of nitrogens with one attached hydrogen (secondary N) is 9. The number of rotatable bonds is 41. The molecule has 0 spiro atoms. The van der Waals surface area contributed by atoms with E-state index in [1.165, 1.54) is 48.5 Å². The monoisotopic (exact) mass is 1280 g/mol. The summed E-state index contributed by atoms with van der Waals surface area (Å²) in [6.45, 7) is 17.8. The Morgan fingerprint density at radius 2 is 0.692 bits per heavy atom. The highest BCUT2D eigenvalue weighted by atomic mass is 16.4. The Kier molecular flexibility index (Phi) is 34.5. The van der Waals surface area contributed by atoms with Crippen molar-refractivity contribution < 1.29 is 63.3 Å². The Balaban J connectivity index is 2.49. The number of aliphatic carboxylic acids is 1. The maximum absolute atomic E-state index is 14.8. The molecule has 0 bridgehead atoms. The number of phenolic OH excluding ortho intramolecular Hbond substituents is 2. The number of amides is 9. The molecular formula is C62H102N16O13. The third-order valence-electron chi connectivity index (χ3n) is 14.0. The van der Waals surface area contributed by atoms with Crippen molar-refractivity contribution in [3.8, 4) is 11.5 Å². The second kappa shape index (κ2) is 40.1. The van der Waals surface area contributed by atoms with Gasteiger partial charge in [0.2, 0.25) is 53.2 Å². The van der Waals surface area contributed by atoms with Crippen LogP contribution in [0.2, 0.25) is 0 Å². The second-order valence-electron chi connectivity index (χ2n) is 25.0. The van der Waals surface area contributed by atoms with Gasteiger partial charge in [0, 0.05) is 25.9 Å². The summed E-state index contributed by atoms with van der Waals surface area (Å²) in [5.74, 6) is -9.52. The summed E-state index contributed by atoms with van der Waals surface area (Å²) in [6.07, 6.45) is 0.793. The van der Waals surface area contributed by atoms with Gasteiger partial charge in [0.05, 0.1) is 12.6 Å². The smallest absolute Gasteiger partial charge is 0.326 e. The molecule has 9 amide bonds. The number of aromatic hydroxyl groups is 2. The van der Waals surface area contributed by atoms with E-state index in [1.54, 1.807) is 27.7 Å². The van der Waals surface area contributed by atoms with Crippen LogP contribution in [0.3, 0.4) is 0 Å². The predicted octanol–water partition coefficient (Wildman–Crippen LogP) is -0.373. The molecule has 0 aliphatic rings. The molecule has 29 nitrogen and oxygen atoms in total. The number of benzene rings is 2. The number of carboxylic acid groups (broad SMARTS) is 1. The van der Waals surface area contributed by atoms with Gasteiger partial charge in [-0.3, -0.25) is 53.1 Å². The molecule has 0 saturated carbocycles. The van der Waals surface area contributed by atoms with Crippen LogP contribution in [0, 0.1) is 29.6 Å². The van der Waals surface area contributed by atoms with Crippen molar-refractivity contribution >= 4 is 71.1 Å². The van der Waals surface area contributed by atoms with E-state index in [9.17, 15) is 63.3 Å². The minimum atomic E-state index is -1.43. The zero-order valence-corrected chi connectivity index (χ0v) is 54.3. The van der Waals surface area contributed by atoms with Gasteiger partial charge < -0.3 is 91.8 Å². The van der Waals surface area contributed by atoms with Crippen LogP contribution in [0.5, 0.6) is 11.5 Å². The molecule has 0 aliphatic heterocycles. The van der Waals surface area contributed by atoms with Crippen molar-refractivity contribution in [3.63, 3.8) is 0 Å². The first-order valence-corrected chi connectivity index (χ1v) is 31.0. The van der Waals surface area contributed by atoms with E-state index in [0.717, 1.165) is 0 Å². The third kappa shape index (κ3) is 32.0. The summed E-state index contributed by atoms with van der Waals surface area (Å²) in [4.78, 5) is 147. The second-order valence-corrected chi connectivity index (χ2v) is 25.0. The van der Waals surface area contributed by atoms with Crippen molar-refractivity contribution in [2.45, 2.75) is 194 Å². The lowest BCUT2D eigenvalue weighted by molar-refractivity contribution is -0.141. The van der Waals surface area contributed by atoms with E-state index in [2.05, 4.69) is 57.8 Å². The number of carbonyl (C=O) groups excluding carboxylic acids is 9. The van der Waals surface area contributed by atoms with Gasteiger partial charge in [-0.15, -0.1) is 0 Å². The molecule has 29 heteroatoms. The highest BCUT2D eigenvalue weighted by Crippen LogP contribution is 2.17. The van der Waals surface area contributed by atoms with Crippen LogP contribution in [0.25, 0.3) is 0 Å². The van der Waals surface area contributed by atoms with Crippen molar-refractivity contribution in [1.29, 1.82) is 0 Å². The number of nitrogens with zero attached hydrogens (tertiary/aromatic N) is 2. The number of carbonyl (C=O) groups is 10. The van der Waals surface area contributed by atoms with Gasteiger partial charge in [-0.2, -0.15) is 0 Å². The molecule has 2 rings (SSSR count). The van der Waals surface area contributed by atoms with Crippen LogP contribution < -0.4 is 76.5 Å². The van der Waals surface area contributed by atoms with E-state index in [4.69, 9.17) is 28.7 Å². The predicted molar refractivity (Wildman–Crippen MR) is 345 cm³/mol. The summed E-state index contributed by atoms with van der Waals surface area (Å²) >= 11 is 0. The number of carboxylic acids is 1. The first-order chi connectivity index (χ1) is 42.6. The van der Waals surface area contributed by atoms with Gasteiger partial charge in [0.25, 0.3) is 0 Å². The molecule has 0 fully saturated rings. The highest BCUT2D eigenvalue weighted by Gasteiger charge is 2.36. The molecule has 0 aliphatic carbocycles. The van der Waals surface area contributed by atoms with E-state index in [-0.39, 0.29) is 130 Å². The molecule has 2 aromatic rings. The summed E-state index contributed by atoms with van der Waals surface area (Å²) < 4.78 is 0. The average Bonchev–Trinajstić information content (AvgIpc) is 1.91. The van der Waals surface area contributed by atoms with Crippen molar-refractivity contribution in [2.24, 2.45) is 68.2 Å². The molecule has 0 unspecified atom stereocenters. The van der Waals surface area contributed by atoms with Gasteiger partial charge in [0.15, 0.2) is 11.9 Å². The van der Waals surface area contributed by atoms with Crippen LogP contribution in [-0.4, -0.2) is 160 Å². The number of hydrogen-bond acceptors (Lipinski definition) is 15. The van der Waals surface area contributed by atoms with Crippen LogP contribution in [0.4, 0.5) is 0 Å². The largest absolute Gasteiger partial charge is 0.508 e. The SMILES string of the molecule is CC(C)C[C@H](NC(=O)[C@H](CC(C)C)NC(=O)[C@H](CC(C)C)NC(=O)[C@H](CCCN=C(N)N)NC(=O)[C@H](Cc1ccc(O)cc1)NC(=O)[C@H](CC(C)C)NC(=O)[C@H](CC(C)C)NC(=O)[C@@H](N)CCCN=C(N)N)C(=O)NCC(=O)N[C@@H](Cc1ccc(O)cc1)C(=O)O. The first-order valence-electron chi connectivity index (χ1n) is 31.0. The Bertz CT molecular complexity index is 2750. The maximum Gasteiger partial charge on any atom is 0.326 e. The van der Waals surface area contributed by atoms with Gasteiger partial charge in [-0.1, -0.05) is 93.5 Å². The molecule has 0 heterocycles. The van der Waals surface area contributed by atoms with Crippen molar-refractivity contribution in [2.75, 3.05) is 19.6 Å². The normalized spacial score (nSPS) is 14.2. The molecule has 508 valence electrons. The Labute approximate surface area is 533 Å². The molecule has 22 N–H and O–H groups in total. The lowest BCUT2D eigenvalue weighted by Gasteiger charge is -2.29. The quantitative estimate of drug-likeness (QED) is 0.0229.